The maximum atomic E-state index is 13.8. The molecule has 3 rings (SSSR count). The van der Waals surface area contributed by atoms with Crippen LogP contribution in [0.1, 0.15) is 84.5 Å². The number of nitrogens with zero attached hydrogens (tertiary/aromatic N) is 1. The third-order valence-corrected chi connectivity index (χ3v) is 8.26. The van der Waals surface area contributed by atoms with Crippen molar-refractivity contribution in [2.45, 2.75) is 90.7 Å². The molecule has 0 bridgehead atoms. The van der Waals surface area contributed by atoms with Gasteiger partial charge < -0.3 is 4.90 Å². The molecule has 0 radical (unpaired) electrons. The Kier molecular flexibility index (Phi) is 9.43. The minimum absolute atomic E-state index is 0.0506. The van der Waals surface area contributed by atoms with Gasteiger partial charge in [0.15, 0.2) is 5.78 Å². The second-order valence-electron chi connectivity index (χ2n) is 10.9. The maximum Gasteiger partial charge on any atom is 0.412 e. The number of Topliss-reactive ketones (excluding diaryl/α,β-unsaturated/α-hetero) is 1. The summed E-state index contributed by atoms with van der Waals surface area (Å²) in [5.41, 5.74) is 1.78. The smallest absolute Gasteiger partial charge is 0.306 e. The quantitative estimate of drug-likeness (QED) is 0.326. The van der Waals surface area contributed by atoms with E-state index in [1.54, 1.807) is 6.08 Å². The van der Waals surface area contributed by atoms with E-state index in [9.17, 15) is 18.0 Å². The summed E-state index contributed by atoms with van der Waals surface area (Å²) >= 11 is 0. The maximum absolute atomic E-state index is 13.8. The fraction of sp³-hybridized carbons (Fsp3) is 0.750. The standard InChI is InChI=1S/C28H42F3NO/c1-20-10-12-25(18-21(20)2)27(33)9-5-8-24-13-11-23(19-26(24)28(29,30)31)7-4-6-22-14-16-32(3)17-15-22/h10,12,19,21-24H,4-9,11,13-18H2,1-3H3. The topological polar surface area (TPSA) is 20.3 Å². The lowest BCUT2D eigenvalue weighted by Gasteiger charge is -2.31. The van der Waals surface area contributed by atoms with E-state index in [1.807, 2.05) is 12.2 Å². The van der Waals surface area contributed by atoms with Crippen molar-refractivity contribution in [2.24, 2.45) is 23.7 Å². The fourth-order valence-corrected chi connectivity index (χ4v) is 5.75. The van der Waals surface area contributed by atoms with Gasteiger partial charge in [-0.05, 0) is 108 Å². The molecule has 0 amide bonds. The number of halogens is 3. The molecule has 33 heavy (non-hydrogen) atoms. The van der Waals surface area contributed by atoms with Crippen LogP contribution in [0.2, 0.25) is 0 Å². The van der Waals surface area contributed by atoms with Crippen LogP contribution in [0.4, 0.5) is 13.2 Å². The molecule has 0 aromatic carbocycles. The molecule has 5 heteroatoms. The lowest BCUT2D eigenvalue weighted by molar-refractivity contribution is -0.116. The third kappa shape index (κ3) is 7.83. The summed E-state index contributed by atoms with van der Waals surface area (Å²) in [6.07, 6.45) is 10.2. The first kappa shape index (κ1) is 26.2. The molecule has 1 aliphatic heterocycles. The predicted molar refractivity (Wildman–Crippen MR) is 129 cm³/mol. The van der Waals surface area contributed by atoms with Gasteiger partial charge >= 0.3 is 6.18 Å². The molecule has 0 saturated carbocycles. The van der Waals surface area contributed by atoms with Crippen LogP contribution in [0, 0.1) is 23.7 Å². The highest BCUT2D eigenvalue weighted by atomic mass is 19.4. The summed E-state index contributed by atoms with van der Waals surface area (Å²) in [6.45, 7) is 6.46. The van der Waals surface area contributed by atoms with Crippen molar-refractivity contribution in [1.82, 2.24) is 4.90 Å². The zero-order valence-electron chi connectivity index (χ0n) is 20.7. The second-order valence-corrected chi connectivity index (χ2v) is 10.9. The molecule has 3 aliphatic rings. The molecule has 0 N–H and O–H groups in total. The molecular formula is C28H42F3NO. The van der Waals surface area contributed by atoms with Crippen LogP contribution < -0.4 is 0 Å². The van der Waals surface area contributed by atoms with E-state index in [0.717, 1.165) is 56.7 Å². The average molecular weight is 466 g/mol. The SMILES string of the molecule is CC1=CC=C(C(=O)CCCC2CCC(CCCC3CCN(C)CC3)C=C2C(F)(F)F)CC1C. The molecule has 0 aromatic heterocycles. The van der Waals surface area contributed by atoms with Crippen LogP contribution in [-0.4, -0.2) is 37.0 Å². The van der Waals surface area contributed by atoms with Crippen LogP contribution in [0.3, 0.4) is 0 Å². The van der Waals surface area contributed by atoms with Gasteiger partial charge in [-0.1, -0.05) is 43.6 Å². The van der Waals surface area contributed by atoms with Gasteiger partial charge in [0.25, 0.3) is 0 Å². The molecule has 1 saturated heterocycles. The Hall–Kier alpha value is -1.36. The number of hydrogen-bond acceptors (Lipinski definition) is 2. The number of carbonyl (C=O) groups is 1. The molecule has 186 valence electrons. The number of likely N-dealkylation sites (tertiary alicyclic amines) is 1. The van der Waals surface area contributed by atoms with Gasteiger partial charge in [-0.3, -0.25) is 4.79 Å². The van der Waals surface area contributed by atoms with Gasteiger partial charge in [0.05, 0.1) is 0 Å². The summed E-state index contributed by atoms with van der Waals surface area (Å²) in [5.74, 6) is 0.802. The lowest BCUT2D eigenvalue weighted by atomic mass is 9.77. The Morgan fingerprint density at radius 2 is 1.76 bits per heavy atom. The normalized spacial score (nSPS) is 27.7. The van der Waals surface area contributed by atoms with Crippen LogP contribution in [0.15, 0.2) is 34.9 Å². The van der Waals surface area contributed by atoms with Crippen LogP contribution in [0.5, 0.6) is 0 Å². The highest BCUT2D eigenvalue weighted by molar-refractivity contribution is 5.95. The van der Waals surface area contributed by atoms with Crippen molar-refractivity contribution in [3.8, 4) is 0 Å². The van der Waals surface area contributed by atoms with Crippen LogP contribution >= 0.6 is 0 Å². The largest absolute Gasteiger partial charge is 0.412 e. The highest BCUT2D eigenvalue weighted by Crippen LogP contribution is 2.42. The van der Waals surface area contributed by atoms with Gasteiger partial charge in [-0.25, -0.2) is 0 Å². The van der Waals surface area contributed by atoms with E-state index in [0.29, 0.717) is 31.6 Å². The van der Waals surface area contributed by atoms with E-state index in [2.05, 4.69) is 25.8 Å². The van der Waals surface area contributed by atoms with Crippen molar-refractivity contribution >= 4 is 5.78 Å². The first-order valence-electron chi connectivity index (χ1n) is 13.0. The average Bonchev–Trinajstić information content (AvgIpc) is 2.77. The molecule has 0 aromatic rings. The Labute approximate surface area is 198 Å². The molecule has 1 heterocycles. The Morgan fingerprint density at radius 3 is 2.42 bits per heavy atom. The lowest BCUT2D eigenvalue weighted by Crippen LogP contribution is -2.30. The van der Waals surface area contributed by atoms with Crippen molar-refractivity contribution in [3.63, 3.8) is 0 Å². The van der Waals surface area contributed by atoms with Crippen molar-refractivity contribution in [3.05, 3.63) is 34.9 Å². The monoisotopic (exact) mass is 465 g/mol. The van der Waals surface area contributed by atoms with Gasteiger partial charge in [-0.2, -0.15) is 13.2 Å². The predicted octanol–water partition coefficient (Wildman–Crippen LogP) is 7.67. The number of piperidine rings is 1. The van der Waals surface area contributed by atoms with Gasteiger partial charge in [-0.15, -0.1) is 0 Å². The summed E-state index contributed by atoms with van der Waals surface area (Å²) in [4.78, 5) is 14.9. The molecule has 0 spiro atoms. The first-order valence-corrected chi connectivity index (χ1v) is 13.0. The zero-order valence-corrected chi connectivity index (χ0v) is 20.7. The number of carbonyl (C=O) groups excluding carboxylic acids is 1. The molecule has 2 aliphatic carbocycles. The van der Waals surface area contributed by atoms with Crippen molar-refractivity contribution < 1.29 is 18.0 Å². The Bertz CT molecular complexity index is 756. The minimum atomic E-state index is -4.26. The minimum Gasteiger partial charge on any atom is -0.306 e. The number of rotatable bonds is 9. The van der Waals surface area contributed by atoms with E-state index >= 15 is 0 Å². The first-order chi connectivity index (χ1) is 15.6. The molecule has 3 unspecified atom stereocenters. The summed E-state index contributed by atoms with van der Waals surface area (Å²) in [5, 5.41) is 0. The van der Waals surface area contributed by atoms with Crippen molar-refractivity contribution in [2.75, 3.05) is 20.1 Å². The third-order valence-electron chi connectivity index (χ3n) is 8.26. The van der Waals surface area contributed by atoms with Gasteiger partial charge in [0.1, 0.15) is 0 Å². The summed E-state index contributed by atoms with van der Waals surface area (Å²) in [7, 11) is 2.15. The summed E-state index contributed by atoms with van der Waals surface area (Å²) < 4.78 is 41.4. The summed E-state index contributed by atoms with van der Waals surface area (Å²) in [6, 6.07) is 0. The Morgan fingerprint density at radius 1 is 1.03 bits per heavy atom. The van der Waals surface area contributed by atoms with Gasteiger partial charge in [0.2, 0.25) is 0 Å². The van der Waals surface area contributed by atoms with Crippen LogP contribution in [-0.2, 0) is 4.79 Å². The number of hydrogen-bond donors (Lipinski definition) is 0. The number of alkyl halides is 3. The van der Waals surface area contributed by atoms with Crippen LogP contribution in [0.25, 0.3) is 0 Å². The molecule has 1 fully saturated rings. The Balaban J connectivity index is 1.47. The van der Waals surface area contributed by atoms with E-state index in [1.165, 1.54) is 18.4 Å². The van der Waals surface area contributed by atoms with E-state index < -0.39 is 12.1 Å². The fourth-order valence-electron chi connectivity index (χ4n) is 5.75. The van der Waals surface area contributed by atoms with Crippen molar-refractivity contribution in [1.29, 1.82) is 0 Å². The van der Waals surface area contributed by atoms with Gasteiger partial charge in [0, 0.05) is 12.0 Å². The molecule has 2 nitrogen and oxygen atoms in total. The number of allylic oxidation sites excluding steroid dienone is 6. The molecule has 3 atom stereocenters. The van der Waals surface area contributed by atoms with E-state index in [4.69, 9.17) is 0 Å². The molecular weight excluding hydrogens is 423 g/mol. The number of ketones is 1. The highest BCUT2D eigenvalue weighted by Gasteiger charge is 2.40. The van der Waals surface area contributed by atoms with E-state index in [-0.39, 0.29) is 17.3 Å². The second kappa shape index (κ2) is 11.9. The zero-order chi connectivity index (χ0) is 24.0.